The molecule has 0 radical (unpaired) electrons. The molecule has 0 unspecified atom stereocenters. The van der Waals surface area contributed by atoms with E-state index in [0.29, 0.717) is 10.8 Å². The van der Waals surface area contributed by atoms with E-state index in [1.165, 1.54) is 0 Å². The van der Waals surface area contributed by atoms with Crippen LogP contribution < -0.4 is 10.6 Å². The van der Waals surface area contributed by atoms with Crippen molar-refractivity contribution in [3.8, 4) is 0 Å². The highest BCUT2D eigenvalue weighted by atomic mass is 16.2. The predicted molar refractivity (Wildman–Crippen MR) is 78.8 cm³/mol. The van der Waals surface area contributed by atoms with Crippen molar-refractivity contribution in [2.45, 2.75) is 67.2 Å². The minimum absolute atomic E-state index is 0.0298. The lowest BCUT2D eigenvalue weighted by Crippen LogP contribution is -2.37. The first-order chi connectivity index (χ1) is 8.10. The third-order valence-electron chi connectivity index (χ3n) is 2.78. The maximum absolute atomic E-state index is 11.5. The third-order valence-corrected chi connectivity index (χ3v) is 2.78. The molecule has 0 aliphatic carbocycles. The molecule has 0 spiro atoms. The standard InChI is InChI=1S/C15H32N2O/c1-14(2,3)9-7-11-16-13(18)17-12-8-10-15(4,5)6/h7-12H2,1-6H3,(H2,16,17,18). The predicted octanol–water partition coefficient (Wildman–Crippen LogP) is 3.94. The molecule has 0 saturated carbocycles. The summed E-state index contributed by atoms with van der Waals surface area (Å²) in [7, 11) is 0. The number of hydrogen-bond donors (Lipinski definition) is 2. The van der Waals surface area contributed by atoms with Gasteiger partial charge in [0, 0.05) is 13.1 Å². The van der Waals surface area contributed by atoms with Crippen LogP contribution in [0.5, 0.6) is 0 Å². The van der Waals surface area contributed by atoms with Crippen LogP contribution in [-0.2, 0) is 0 Å². The van der Waals surface area contributed by atoms with E-state index in [0.717, 1.165) is 38.8 Å². The molecule has 0 aromatic rings. The number of carbonyl (C=O) groups excluding carboxylic acids is 1. The van der Waals surface area contributed by atoms with Gasteiger partial charge in [0.25, 0.3) is 0 Å². The van der Waals surface area contributed by atoms with Crippen LogP contribution in [0.4, 0.5) is 4.79 Å². The summed E-state index contributed by atoms with van der Waals surface area (Å²) < 4.78 is 0. The average molecular weight is 256 g/mol. The van der Waals surface area contributed by atoms with Gasteiger partial charge in [-0.1, -0.05) is 41.5 Å². The lowest BCUT2D eigenvalue weighted by Gasteiger charge is -2.18. The largest absolute Gasteiger partial charge is 0.338 e. The molecule has 2 amide bonds. The van der Waals surface area contributed by atoms with Crippen LogP contribution in [-0.4, -0.2) is 19.1 Å². The van der Waals surface area contributed by atoms with E-state index < -0.39 is 0 Å². The second kappa shape index (κ2) is 7.65. The SMILES string of the molecule is CC(C)(C)CCCNC(=O)NCCCC(C)(C)C. The molecule has 0 atom stereocenters. The van der Waals surface area contributed by atoms with E-state index in [-0.39, 0.29) is 6.03 Å². The highest BCUT2D eigenvalue weighted by Crippen LogP contribution is 2.20. The van der Waals surface area contributed by atoms with Gasteiger partial charge in [-0.05, 0) is 36.5 Å². The van der Waals surface area contributed by atoms with Crippen molar-refractivity contribution in [3.63, 3.8) is 0 Å². The van der Waals surface area contributed by atoms with E-state index in [1.807, 2.05) is 0 Å². The molecule has 0 bridgehead atoms. The Morgan fingerprint density at radius 1 is 0.778 bits per heavy atom. The summed E-state index contributed by atoms with van der Waals surface area (Å²) in [6, 6.07) is -0.0298. The fraction of sp³-hybridized carbons (Fsp3) is 0.933. The molecule has 0 saturated heterocycles. The number of hydrogen-bond acceptors (Lipinski definition) is 1. The Morgan fingerprint density at radius 3 is 1.39 bits per heavy atom. The molecule has 0 rings (SSSR count). The number of amides is 2. The summed E-state index contributed by atoms with van der Waals surface area (Å²) in [6.45, 7) is 14.9. The number of nitrogens with one attached hydrogen (secondary N) is 2. The van der Waals surface area contributed by atoms with Gasteiger partial charge in [-0.2, -0.15) is 0 Å². The van der Waals surface area contributed by atoms with Crippen molar-refractivity contribution in [2.75, 3.05) is 13.1 Å². The van der Waals surface area contributed by atoms with Crippen molar-refractivity contribution >= 4 is 6.03 Å². The molecule has 0 aromatic carbocycles. The van der Waals surface area contributed by atoms with Gasteiger partial charge in [-0.25, -0.2) is 4.79 Å². The van der Waals surface area contributed by atoms with Gasteiger partial charge in [0.1, 0.15) is 0 Å². The summed E-state index contributed by atoms with van der Waals surface area (Å²) >= 11 is 0. The molecule has 0 aromatic heterocycles. The topological polar surface area (TPSA) is 41.1 Å². The Bertz CT molecular complexity index is 212. The quantitative estimate of drug-likeness (QED) is 0.694. The molecule has 3 heteroatoms. The van der Waals surface area contributed by atoms with Crippen molar-refractivity contribution in [1.29, 1.82) is 0 Å². The van der Waals surface area contributed by atoms with Crippen molar-refractivity contribution in [2.24, 2.45) is 10.8 Å². The lowest BCUT2D eigenvalue weighted by molar-refractivity contribution is 0.238. The molecular formula is C15H32N2O. The highest BCUT2D eigenvalue weighted by molar-refractivity contribution is 5.73. The maximum atomic E-state index is 11.5. The van der Waals surface area contributed by atoms with Crippen LogP contribution >= 0.6 is 0 Å². The zero-order chi connectivity index (χ0) is 14.2. The Balaban J connectivity index is 3.44. The average Bonchev–Trinajstić information content (AvgIpc) is 2.17. The van der Waals surface area contributed by atoms with Gasteiger partial charge in [0.05, 0.1) is 0 Å². The summed E-state index contributed by atoms with van der Waals surface area (Å²) in [5.74, 6) is 0. The zero-order valence-electron chi connectivity index (χ0n) is 13.2. The second-order valence-electron chi connectivity index (χ2n) is 7.51. The van der Waals surface area contributed by atoms with E-state index in [2.05, 4.69) is 52.2 Å². The molecule has 0 fully saturated rings. The minimum Gasteiger partial charge on any atom is -0.338 e. The lowest BCUT2D eigenvalue weighted by atomic mass is 9.91. The molecule has 0 heterocycles. The van der Waals surface area contributed by atoms with Crippen LogP contribution in [0.3, 0.4) is 0 Å². The number of carbonyl (C=O) groups is 1. The van der Waals surface area contributed by atoms with Gasteiger partial charge in [-0.3, -0.25) is 0 Å². The molecule has 2 N–H and O–H groups in total. The van der Waals surface area contributed by atoms with Gasteiger partial charge in [0.15, 0.2) is 0 Å². The Morgan fingerprint density at radius 2 is 1.11 bits per heavy atom. The van der Waals surface area contributed by atoms with Crippen LogP contribution in [0.2, 0.25) is 0 Å². The van der Waals surface area contributed by atoms with Gasteiger partial charge < -0.3 is 10.6 Å². The summed E-state index contributed by atoms with van der Waals surface area (Å²) in [5, 5.41) is 5.81. The van der Waals surface area contributed by atoms with Crippen LogP contribution in [0, 0.1) is 10.8 Å². The molecule has 0 aliphatic rings. The fourth-order valence-electron chi connectivity index (χ4n) is 1.70. The summed E-state index contributed by atoms with van der Waals surface area (Å²) in [6.07, 6.45) is 4.35. The van der Waals surface area contributed by atoms with E-state index in [1.54, 1.807) is 0 Å². The molecule has 3 nitrogen and oxygen atoms in total. The third kappa shape index (κ3) is 13.3. The Kier molecular flexibility index (Phi) is 7.34. The Hall–Kier alpha value is -0.730. The van der Waals surface area contributed by atoms with Crippen LogP contribution in [0.1, 0.15) is 67.2 Å². The van der Waals surface area contributed by atoms with Gasteiger partial charge >= 0.3 is 6.03 Å². The second-order valence-corrected chi connectivity index (χ2v) is 7.51. The molecule has 0 aliphatic heterocycles. The van der Waals surface area contributed by atoms with E-state index in [9.17, 15) is 4.79 Å². The summed E-state index contributed by atoms with van der Waals surface area (Å²) in [4.78, 5) is 11.5. The highest BCUT2D eigenvalue weighted by Gasteiger charge is 2.10. The van der Waals surface area contributed by atoms with Gasteiger partial charge in [-0.15, -0.1) is 0 Å². The Labute approximate surface area is 113 Å². The summed E-state index contributed by atoms with van der Waals surface area (Å²) in [5.41, 5.74) is 0.704. The smallest absolute Gasteiger partial charge is 0.314 e. The van der Waals surface area contributed by atoms with Crippen molar-refractivity contribution in [3.05, 3.63) is 0 Å². The zero-order valence-corrected chi connectivity index (χ0v) is 13.2. The number of urea groups is 1. The van der Waals surface area contributed by atoms with Crippen LogP contribution in [0.25, 0.3) is 0 Å². The normalized spacial score (nSPS) is 12.3. The first-order valence-electron chi connectivity index (χ1n) is 7.12. The van der Waals surface area contributed by atoms with Crippen molar-refractivity contribution in [1.82, 2.24) is 10.6 Å². The van der Waals surface area contributed by atoms with Crippen molar-refractivity contribution < 1.29 is 4.79 Å². The van der Waals surface area contributed by atoms with Crippen LogP contribution in [0.15, 0.2) is 0 Å². The maximum Gasteiger partial charge on any atom is 0.314 e. The molecular weight excluding hydrogens is 224 g/mol. The fourth-order valence-corrected chi connectivity index (χ4v) is 1.70. The molecule has 18 heavy (non-hydrogen) atoms. The first-order valence-corrected chi connectivity index (χ1v) is 7.12. The first kappa shape index (κ1) is 17.3. The monoisotopic (exact) mass is 256 g/mol. The molecule has 108 valence electrons. The van der Waals surface area contributed by atoms with Gasteiger partial charge in [0.2, 0.25) is 0 Å². The minimum atomic E-state index is -0.0298. The van der Waals surface area contributed by atoms with E-state index >= 15 is 0 Å². The van der Waals surface area contributed by atoms with E-state index in [4.69, 9.17) is 0 Å². The number of rotatable bonds is 6.